The lowest BCUT2D eigenvalue weighted by atomic mass is 10.00. The van der Waals surface area contributed by atoms with E-state index in [1.54, 1.807) is 0 Å². The third-order valence-corrected chi connectivity index (χ3v) is 11.3. The van der Waals surface area contributed by atoms with Crippen molar-refractivity contribution in [3.05, 3.63) is 218 Å². The highest BCUT2D eigenvalue weighted by molar-refractivity contribution is 6.18. The molecule has 262 valence electrons. The highest BCUT2D eigenvalue weighted by Gasteiger charge is 2.17. The Labute approximate surface area is 325 Å². The molecular weight excluding hydrogens is 677 g/mol. The maximum Gasteiger partial charge on any atom is 0.0619 e. The van der Waals surface area contributed by atoms with E-state index in [9.17, 15) is 0 Å². The first-order valence-electron chi connectivity index (χ1n) is 19.3. The van der Waals surface area contributed by atoms with Crippen LogP contribution < -0.4 is 4.90 Å². The van der Waals surface area contributed by atoms with Gasteiger partial charge in [0.15, 0.2) is 0 Å². The van der Waals surface area contributed by atoms with Crippen molar-refractivity contribution >= 4 is 71.2 Å². The second-order valence-electron chi connectivity index (χ2n) is 14.6. The molecule has 1 aromatic heterocycles. The Morgan fingerprint density at radius 3 is 1.57 bits per heavy atom. The van der Waals surface area contributed by atoms with E-state index in [0.29, 0.717) is 0 Å². The molecule has 0 amide bonds. The van der Waals surface area contributed by atoms with Crippen molar-refractivity contribution in [3.63, 3.8) is 0 Å². The predicted molar refractivity (Wildman–Crippen MR) is 239 cm³/mol. The highest BCUT2D eigenvalue weighted by Crippen LogP contribution is 2.40. The van der Waals surface area contributed by atoms with Crippen LogP contribution in [0.1, 0.15) is 0 Å². The number of aromatic nitrogens is 1. The van der Waals surface area contributed by atoms with Gasteiger partial charge in [0.1, 0.15) is 0 Å². The molecule has 0 aliphatic carbocycles. The molecular formula is C54H36N2. The zero-order valence-corrected chi connectivity index (χ0v) is 30.7. The number of anilines is 3. The summed E-state index contributed by atoms with van der Waals surface area (Å²) in [5.74, 6) is 0. The molecule has 0 saturated carbocycles. The lowest BCUT2D eigenvalue weighted by Gasteiger charge is -2.26. The fraction of sp³-hybridized carbons (Fsp3) is 0. The Balaban J connectivity index is 0.965. The average molecular weight is 713 g/mol. The molecule has 0 aliphatic rings. The van der Waals surface area contributed by atoms with Crippen molar-refractivity contribution in [1.82, 2.24) is 4.57 Å². The average Bonchev–Trinajstić information content (AvgIpc) is 3.62. The van der Waals surface area contributed by atoms with Crippen LogP contribution in [0.5, 0.6) is 0 Å². The molecule has 0 N–H and O–H groups in total. The minimum atomic E-state index is 1.12. The second-order valence-corrected chi connectivity index (χ2v) is 14.6. The monoisotopic (exact) mass is 712 g/mol. The molecule has 0 fully saturated rings. The fourth-order valence-electron chi connectivity index (χ4n) is 8.55. The topological polar surface area (TPSA) is 8.17 Å². The Hall–Kier alpha value is -7.42. The van der Waals surface area contributed by atoms with Crippen LogP contribution in [0.4, 0.5) is 17.1 Å². The number of nitrogens with zero attached hydrogens (tertiary/aromatic N) is 2. The van der Waals surface area contributed by atoms with Gasteiger partial charge in [-0.05, 0) is 110 Å². The third-order valence-electron chi connectivity index (χ3n) is 11.3. The summed E-state index contributed by atoms with van der Waals surface area (Å²) in [6.07, 6.45) is 0. The zero-order valence-electron chi connectivity index (χ0n) is 30.7. The Morgan fingerprint density at radius 1 is 0.286 bits per heavy atom. The van der Waals surface area contributed by atoms with Crippen LogP contribution in [0.15, 0.2) is 218 Å². The molecule has 0 bridgehead atoms. The number of rotatable bonds is 6. The molecule has 11 rings (SSSR count). The van der Waals surface area contributed by atoms with Gasteiger partial charge in [0, 0.05) is 38.9 Å². The number of fused-ring (bicyclic) bond motifs is 7. The van der Waals surface area contributed by atoms with Crippen LogP contribution in [0, 0.1) is 0 Å². The fourth-order valence-corrected chi connectivity index (χ4v) is 8.55. The van der Waals surface area contributed by atoms with Gasteiger partial charge in [-0.1, -0.05) is 158 Å². The van der Waals surface area contributed by atoms with Gasteiger partial charge in [-0.3, -0.25) is 0 Å². The van der Waals surface area contributed by atoms with Gasteiger partial charge >= 0.3 is 0 Å². The van der Waals surface area contributed by atoms with Crippen LogP contribution in [0.2, 0.25) is 0 Å². The van der Waals surface area contributed by atoms with Crippen molar-refractivity contribution in [2.75, 3.05) is 4.90 Å². The van der Waals surface area contributed by atoms with Crippen LogP contribution in [0.25, 0.3) is 82.1 Å². The van der Waals surface area contributed by atoms with E-state index in [0.717, 1.165) is 22.7 Å². The van der Waals surface area contributed by atoms with Gasteiger partial charge in [0.25, 0.3) is 0 Å². The van der Waals surface area contributed by atoms with Gasteiger partial charge < -0.3 is 9.47 Å². The molecule has 56 heavy (non-hydrogen) atoms. The predicted octanol–water partition coefficient (Wildman–Crippen LogP) is 15.0. The van der Waals surface area contributed by atoms with Gasteiger partial charge in [-0.25, -0.2) is 0 Å². The molecule has 0 spiro atoms. The second kappa shape index (κ2) is 13.2. The third kappa shape index (κ3) is 5.42. The SMILES string of the molecule is c1ccc(-c2ccc(N(c3ccc4ccccc4c3)c3ccc4cc(-c5ccc(-n6c7ccccc7c7ccc8ccccc8c76)cc5)ccc4c3)cc2)cc1. The van der Waals surface area contributed by atoms with E-state index < -0.39 is 0 Å². The smallest absolute Gasteiger partial charge is 0.0619 e. The Morgan fingerprint density at radius 2 is 0.786 bits per heavy atom. The largest absolute Gasteiger partial charge is 0.310 e. The lowest BCUT2D eigenvalue weighted by Crippen LogP contribution is -2.09. The van der Waals surface area contributed by atoms with Gasteiger partial charge in [-0.2, -0.15) is 0 Å². The summed E-state index contributed by atoms with van der Waals surface area (Å²) in [5, 5.41) is 9.94. The summed E-state index contributed by atoms with van der Waals surface area (Å²) in [6.45, 7) is 0. The highest BCUT2D eigenvalue weighted by atomic mass is 15.1. The van der Waals surface area contributed by atoms with E-state index in [4.69, 9.17) is 0 Å². The number of hydrogen-bond acceptors (Lipinski definition) is 1. The van der Waals surface area contributed by atoms with E-state index in [-0.39, 0.29) is 0 Å². The van der Waals surface area contributed by atoms with Crippen molar-refractivity contribution in [2.24, 2.45) is 0 Å². The van der Waals surface area contributed by atoms with Crippen molar-refractivity contribution in [2.45, 2.75) is 0 Å². The lowest BCUT2D eigenvalue weighted by molar-refractivity contribution is 1.19. The molecule has 0 unspecified atom stereocenters. The summed E-state index contributed by atoms with van der Waals surface area (Å²) in [6, 6.07) is 79.5. The summed E-state index contributed by atoms with van der Waals surface area (Å²) in [5.41, 5.74) is 11.8. The summed E-state index contributed by atoms with van der Waals surface area (Å²) < 4.78 is 2.43. The minimum absolute atomic E-state index is 1.12. The van der Waals surface area contributed by atoms with E-state index in [2.05, 4.69) is 228 Å². The van der Waals surface area contributed by atoms with Crippen LogP contribution >= 0.6 is 0 Å². The van der Waals surface area contributed by atoms with Gasteiger partial charge in [-0.15, -0.1) is 0 Å². The summed E-state index contributed by atoms with van der Waals surface area (Å²) >= 11 is 0. The molecule has 10 aromatic carbocycles. The molecule has 0 atom stereocenters. The Kier molecular flexibility index (Phi) is 7.53. The molecule has 0 radical (unpaired) electrons. The normalized spacial score (nSPS) is 11.6. The quantitative estimate of drug-likeness (QED) is 0.167. The first-order valence-corrected chi connectivity index (χ1v) is 19.3. The first-order chi connectivity index (χ1) is 27.7. The first kappa shape index (κ1) is 32.0. The number of benzene rings is 10. The van der Waals surface area contributed by atoms with E-state index >= 15 is 0 Å². The van der Waals surface area contributed by atoms with E-state index in [1.807, 2.05) is 0 Å². The minimum Gasteiger partial charge on any atom is -0.310 e. The zero-order chi connectivity index (χ0) is 37.0. The van der Waals surface area contributed by atoms with Crippen LogP contribution in [-0.2, 0) is 0 Å². The van der Waals surface area contributed by atoms with Crippen molar-refractivity contribution < 1.29 is 0 Å². The molecule has 2 heteroatoms. The molecule has 0 saturated heterocycles. The van der Waals surface area contributed by atoms with Gasteiger partial charge in [0.05, 0.1) is 11.0 Å². The van der Waals surface area contributed by atoms with Gasteiger partial charge in [0.2, 0.25) is 0 Å². The maximum absolute atomic E-state index is 2.43. The van der Waals surface area contributed by atoms with Crippen LogP contribution in [-0.4, -0.2) is 4.57 Å². The molecule has 0 aliphatic heterocycles. The number of hydrogen-bond donors (Lipinski definition) is 0. The summed E-state index contributed by atoms with van der Waals surface area (Å²) in [7, 11) is 0. The standard InChI is InChI=1S/C54H36N2/c1-2-10-37(11-3-1)39-20-27-46(28-21-39)55(48-31-24-38-12-4-5-14-42(38)35-48)49-32-25-44-34-43(18-19-45(44)36-49)40-22-29-47(30-23-40)56-53-17-9-8-16-51(53)52-33-26-41-13-6-7-15-50(41)54(52)56/h1-36H. The molecule has 11 aromatic rings. The van der Waals surface area contributed by atoms with Crippen molar-refractivity contribution in [3.8, 4) is 27.9 Å². The summed E-state index contributed by atoms with van der Waals surface area (Å²) in [4.78, 5) is 2.37. The number of para-hydroxylation sites is 1. The van der Waals surface area contributed by atoms with Crippen molar-refractivity contribution in [1.29, 1.82) is 0 Å². The van der Waals surface area contributed by atoms with Crippen LogP contribution in [0.3, 0.4) is 0 Å². The Bertz CT molecular complexity index is 3230. The maximum atomic E-state index is 2.43. The molecule has 1 heterocycles. The van der Waals surface area contributed by atoms with E-state index in [1.165, 1.54) is 76.4 Å². The molecule has 2 nitrogen and oxygen atoms in total.